The van der Waals surface area contributed by atoms with Gasteiger partial charge >= 0.3 is 5.97 Å². The second-order valence-electron chi connectivity index (χ2n) is 3.45. The maximum absolute atomic E-state index is 11.6. The topological polar surface area (TPSA) is 66.4 Å². The molecular weight excluding hydrogens is 282 g/mol. The van der Waals surface area contributed by atoms with Crippen LogP contribution in [0.3, 0.4) is 0 Å². The zero-order valence-corrected chi connectivity index (χ0v) is 10.0. The lowest BCUT2D eigenvalue weighted by Crippen LogP contribution is -2.42. The van der Waals surface area contributed by atoms with Crippen molar-refractivity contribution >= 4 is 39.1 Å². The molecule has 0 spiro atoms. The highest BCUT2D eigenvalue weighted by Crippen LogP contribution is 2.36. The summed E-state index contributed by atoms with van der Waals surface area (Å²) in [6.45, 7) is 0. The minimum Gasteiger partial charge on any atom is -0.480 e. The lowest BCUT2D eigenvalue weighted by molar-refractivity contribution is -0.140. The summed E-state index contributed by atoms with van der Waals surface area (Å²) in [5.41, 5.74) is -1.01. The van der Waals surface area contributed by atoms with Gasteiger partial charge in [0.2, 0.25) is 0 Å². The van der Waals surface area contributed by atoms with Crippen LogP contribution in [-0.4, -0.2) is 22.5 Å². The summed E-state index contributed by atoms with van der Waals surface area (Å²) in [4.78, 5) is 23.0. The first-order chi connectivity index (χ1) is 7.03. The van der Waals surface area contributed by atoms with E-state index in [1.54, 1.807) is 12.1 Å². The van der Waals surface area contributed by atoms with E-state index in [1.807, 2.05) is 0 Å². The summed E-state index contributed by atoms with van der Waals surface area (Å²) in [6, 6.07) is 3.43. The number of carbonyl (C=O) groups is 2. The van der Waals surface area contributed by atoms with E-state index in [0.29, 0.717) is 17.7 Å². The number of nitrogens with one attached hydrogen (secondary N) is 1. The Hall–Kier alpha value is -0.880. The lowest BCUT2D eigenvalue weighted by atomic mass is 10.2. The molecule has 6 heteroatoms. The Balaban J connectivity index is 2.08. The third-order valence-electron chi connectivity index (χ3n) is 2.31. The molecule has 0 aromatic carbocycles. The van der Waals surface area contributed by atoms with Gasteiger partial charge in [-0.2, -0.15) is 0 Å². The number of amides is 1. The van der Waals surface area contributed by atoms with Crippen molar-refractivity contribution in [2.45, 2.75) is 18.4 Å². The SMILES string of the molecule is O=C(NC1(C(=O)O)CC1)c1ccc(Br)s1. The second-order valence-corrected chi connectivity index (χ2v) is 5.91. The second kappa shape index (κ2) is 3.61. The highest BCUT2D eigenvalue weighted by Gasteiger charge is 2.51. The minimum atomic E-state index is -1.01. The third kappa shape index (κ3) is 2.05. The van der Waals surface area contributed by atoms with Crippen LogP contribution in [0.5, 0.6) is 0 Å². The molecule has 0 unspecified atom stereocenters. The number of halogens is 1. The minimum absolute atomic E-state index is 0.314. The molecule has 1 aromatic heterocycles. The standard InChI is InChI=1S/C9H8BrNO3S/c10-6-2-1-5(15-6)7(12)11-9(3-4-9)8(13)14/h1-2H,3-4H2,(H,11,12)(H,13,14). The maximum Gasteiger partial charge on any atom is 0.329 e. The first-order valence-electron chi connectivity index (χ1n) is 4.35. The van der Waals surface area contributed by atoms with E-state index in [1.165, 1.54) is 11.3 Å². The summed E-state index contributed by atoms with van der Waals surface area (Å²) < 4.78 is 0.854. The van der Waals surface area contributed by atoms with E-state index >= 15 is 0 Å². The first-order valence-corrected chi connectivity index (χ1v) is 5.96. The number of carboxylic acids is 1. The van der Waals surface area contributed by atoms with Crippen molar-refractivity contribution < 1.29 is 14.7 Å². The van der Waals surface area contributed by atoms with E-state index in [0.717, 1.165) is 3.79 Å². The van der Waals surface area contributed by atoms with Crippen LogP contribution in [0.2, 0.25) is 0 Å². The Morgan fingerprint density at radius 2 is 2.13 bits per heavy atom. The van der Waals surface area contributed by atoms with E-state index in [9.17, 15) is 9.59 Å². The van der Waals surface area contributed by atoms with Crippen molar-refractivity contribution in [2.75, 3.05) is 0 Å². The van der Waals surface area contributed by atoms with Crippen molar-refractivity contribution in [3.8, 4) is 0 Å². The van der Waals surface area contributed by atoms with Gasteiger partial charge in [0, 0.05) is 0 Å². The average molecular weight is 290 g/mol. The van der Waals surface area contributed by atoms with Gasteiger partial charge in [-0.3, -0.25) is 4.79 Å². The highest BCUT2D eigenvalue weighted by molar-refractivity contribution is 9.11. The highest BCUT2D eigenvalue weighted by atomic mass is 79.9. The van der Waals surface area contributed by atoms with Gasteiger partial charge in [-0.1, -0.05) is 0 Å². The number of rotatable bonds is 3. The molecule has 2 rings (SSSR count). The zero-order chi connectivity index (χ0) is 11.1. The van der Waals surface area contributed by atoms with Crippen molar-refractivity contribution in [1.82, 2.24) is 5.32 Å². The molecule has 0 atom stereocenters. The number of carboxylic acid groups (broad SMARTS) is 1. The van der Waals surface area contributed by atoms with Gasteiger partial charge in [-0.15, -0.1) is 11.3 Å². The van der Waals surface area contributed by atoms with E-state index in [-0.39, 0.29) is 5.91 Å². The van der Waals surface area contributed by atoms with E-state index in [4.69, 9.17) is 5.11 Å². The molecule has 1 fully saturated rings. The molecule has 4 nitrogen and oxygen atoms in total. The predicted molar refractivity (Wildman–Crippen MR) is 59.1 cm³/mol. The Kier molecular flexibility index (Phi) is 2.56. The summed E-state index contributed by atoms with van der Waals surface area (Å²) in [5.74, 6) is -1.27. The van der Waals surface area contributed by atoms with E-state index < -0.39 is 11.5 Å². The quantitative estimate of drug-likeness (QED) is 0.893. The molecule has 0 radical (unpaired) electrons. The molecule has 0 aliphatic heterocycles. The van der Waals surface area contributed by atoms with Gasteiger partial charge in [0.1, 0.15) is 5.54 Å². The van der Waals surface area contributed by atoms with Gasteiger partial charge in [0.15, 0.2) is 0 Å². The molecule has 2 N–H and O–H groups in total. The van der Waals surface area contributed by atoms with Crippen LogP contribution < -0.4 is 5.32 Å². The smallest absolute Gasteiger partial charge is 0.329 e. The molecule has 1 heterocycles. The number of aliphatic carboxylic acids is 1. The van der Waals surface area contributed by atoms with E-state index in [2.05, 4.69) is 21.2 Å². The van der Waals surface area contributed by atoms with Gasteiger partial charge in [0.25, 0.3) is 5.91 Å². The molecule has 0 saturated heterocycles. The van der Waals surface area contributed by atoms with Gasteiger partial charge in [0.05, 0.1) is 8.66 Å². The van der Waals surface area contributed by atoms with Crippen molar-refractivity contribution in [3.63, 3.8) is 0 Å². The number of hydrogen-bond donors (Lipinski definition) is 2. The number of hydrogen-bond acceptors (Lipinski definition) is 3. The molecule has 80 valence electrons. The number of thiophene rings is 1. The van der Waals surface area contributed by atoms with Crippen molar-refractivity contribution in [3.05, 3.63) is 20.8 Å². The molecule has 1 aliphatic carbocycles. The largest absolute Gasteiger partial charge is 0.480 e. The molecular formula is C9H8BrNO3S. The molecule has 0 bridgehead atoms. The normalized spacial score (nSPS) is 17.1. The van der Waals surface area contributed by atoms with Gasteiger partial charge in [-0.05, 0) is 40.9 Å². The molecule has 15 heavy (non-hydrogen) atoms. The molecule has 1 saturated carbocycles. The first kappa shape index (κ1) is 10.6. The van der Waals surface area contributed by atoms with Crippen LogP contribution >= 0.6 is 27.3 Å². The fourth-order valence-electron chi connectivity index (χ4n) is 1.23. The van der Waals surface area contributed by atoms with Crippen LogP contribution in [0.25, 0.3) is 0 Å². The average Bonchev–Trinajstić information content (AvgIpc) is 2.82. The van der Waals surface area contributed by atoms with Gasteiger partial charge in [-0.25, -0.2) is 4.79 Å². The van der Waals surface area contributed by atoms with Crippen LogP contribution in [0.1, 0.15) is 22.5 Å². The molecule has 1 amide bonds. The van der Waals surface area contributed by atoms with Crippen LogP contribution in [0.4, 0.5) is 0 Å². The fourth-order valence-corrected chi connectivity index (χ4v) is 2.51. The summed E-state index contributed by atoms with van der Waals surface area (Å²) >= 11 is 4.53. The Morgan fingerprint density at radius 3 is 2.53 bits per heavy atom. The Labute approximate surface area is 98.4 Å². The predicted octanol–water partition coefficient (Wildman–Crippen LogP) is 1.86. The summed E-state index contributed by atoms with van der Waals surface area (Å²) in [6.07, 6.45) is 1.03. The summed E-state index contributed by atoms with van der Waals surface area (Å²) in [5, 5.41) is 11.4. The monoisotopic (exact) mass is 289 g/mol. The zero-order valence-electron chi connectivity index (χ0n) is 7.62. The van der Waals surface area contributed by atoms with Crippen LogP contribution in [0.15, 0.2) is 15.9 Å². The summed E-state index contributed by atoms with van der Waals surface area (Å²) in [7, 11) is 0. The fraction of sp³-hybridized carbons (Fsp3) is 0.333. The molecule has 1 aliphatic rings. The molecule has 1 aromatic rings. The Morgan fingerprint density at radius 1 is 1.47 bits per heavy atom. The maximum atomic E-state index is 11.6. The van der Waals surface area contributed by atoms with Crippen LogP contribution in [0, 0.1) is 0 Å². The number of carbonyl (C=O) groups excluding carboxylic acids is 1. The van der Waals surface area contributed by atoms with Gasteiger partial charge < -0.3 is 10.4 Å². The van der Waals surface area contributed by atoms with Crippen LogP contribution in [-0.2, 0) is 4.79 Å². The van der Waals surface area contributed by atoms with Crippen molar-refractivity contribution in [2.24, 2.45) is 0 Å². The van der Waals surface area contributed by atoms with Crippen molar-refractivity contribution in [1.29, 1.82) is 0 Å². The lowest BCUT2D eigenvalue weighted by Gasteiger charge is -2.10. The third-order valence-corrected chi connectivity index (χ3v) is 3.93. The Bertz CT molecular complexity index is 425.